The van der Waals surface area contributed by atoms with Gasteiger partial charge >= 0.3 is 0 Å². The lowest BCUT2D eigenvalue weighted by Gasteiger charge is -2.37. The maximum absolute atomic E-state index is 9.47. The highest BCUT2D eigenvalue weighted by molar-refractivity contribution is 5.27. The van der Waals surface area contributed by atoms with E-state index in [1.54, 1.807) is 6.07 Å². The third-order valence-corrected chi connectivity index (χ3v) is 3.13. The first kappa shape index (κ1) is 14.0. The fourth-order valence-corrected chi connectivity index (χ4v) is 1.87. The van der Waals surface area contributed by atoms with Crippen molar-refractivity contribution in [3.05, 3.63) is 29.8 Å². The Kier molecular flexibility index (Phi) is 4.97. The van der Waals surface area contributed by atoms with E-state index in [0.29, 0.717) is 12.3 Å². The molecule has 0 saturated carbocycles. The van der Waals surface area contributed by atoms with E-state index in [-0.39, 0.29) is 5.54 Å². The molecule has 3 N–H and O–H groups in total. The molecule has 3 nitrogen and oxygen atoms in total. The monoisotopic (exact) mass is 236 g/mol. The molecule has 3 heteroatoms. The topological polar surface area (TPSA) is 49.5 Å². The molecule has 0 aromatic heterocycles. The zero-order valence-electron chi connectivity index (χ0n) is 11.1. The van der Waals surface area contributed by atoms with Gasteiger partial charge in [-0.1, -0.05) is 19.1 Å². The van der Waals surface area contributed by atoms with Crippen LogP contribution in [0.5, 0.6) is 5.75 Å². The molecule has 0 atom stereocenters. The maximum Gasteiger partial charge on any atom is 0.115 e. The molecule has 0 spiro atoms. The Morgan fingerprint density at radius 3 is 2.59 bits per heavy atom. The quantitative estimate of drug-likeness (QED) is 0.797. The SMILES string of the molecule is CCCN(Cc1cccc(O)c1)C(C)(C)CN. The highest BCUT2D eigenvalue weighted by atomic mass is 16.3. The van der Waals surface area contributed by atoms with Gasteiger partial charge in [0, 0.05) is 18.6 Å². The lowest BCUT2D eigenvalue weighted by Crippen LogP contribution is -2.49. The largest absolute Gasteiger partial charge is 0.508 e. The molecule has 1 rings (SSSR count). The smallest absolute Gasteiger partial charge is 0.115 e. The van der Waals surface area contributed by atoms with Crippen LogP contribution in [0.4, 0.5) is 0 Å². The van der Waals surface area contributed by atoms with Crippen molar-refractivity contribution < 1.29 is 5.11 Å². The molecule has 0 saturated heterocycles. The third kappa shape index (κ3) is 4.02. The molecule has 0 bridgehead atoms. The molecule has 0 fully saturated rings. The number of phenols is 1. The third-order valence-electron chi connectivity index (χ3n) is 3.13. The van der Waals surface area contributed by atoms with Crippen molar-refractivity contribution in [2.24, 2.45) is 5.73 Å². The minimum absolute atomic E-state index is 0.0124. The van der Waals surface area contributed by atoms with Gasteiger partial charge in [-0.2, -0.15) is 0 Å². The first-order chi connectivity index (χ1) is 7.99. The van der Waals surface area contributed by atoms with E-state index in [2.05, 4.69) is 25.7 Å². The van der Waals surface area contributed by atoms with Crippen molar-refractivity contribution in [1.29, 1.82) is 0 Å². The molecule has 0 heterocycles. The van der Waals surface area contributed by atoms with Crippen molar-refractivity contribution in [3.8, 4) is 5.75 Å². The van der Waals surface area contributed by atoms with E-state index in [1.807, 2.05) is 18.2 Å². The van der Waals surface area contributed by atoms with E-state index < -0.39 is 0 Å². The Morgan fingerprint density at radius 1 is 1.35 bits per heavy atom. The molecule has 0 amide bonds. The number of phenolic OH excluding ortho intramolecular Hbond substituents is 1. The van der Waals surface area contributed by atoms with Gasteiger partial charge in [-0.15, -0.1) is 0 Å². The van der Waals surface area contributed by atoms with Crippen molar-refractivity contribution in [2.45, 2.75) is 39.3 Å². The molecular formula is C14H24N2O. The van der Waals surface area contributed by atoms with Crippen LogP contribution in [0.25, 0.3) is 0 Å². The predicted molar refractivity (Wildman–Crippen MR) is 71.9 cm³/mol. The van der Waals surface area contributed by atoms with Crippen molar-refractivity contribution in [1.82, 2.24) is 4.90 Å². The van der Waals surface area contributed by atoms with Gasteiger partial charge in [0.2, 0.25) is 0 Å². The molecule has 1 aromatic rings. The number of nitrogens with two attached hydrogens (primary N) is 1. The highest BCUT2D eigenvalue weighted by Gasteiger charge is 2.24. The average Bonchev–Trinajstić information content (AvgIpc) is 2.28. The normalized spacial score (nSPS) is 12.1. The first-order valence-corrected chi connectivity index (χ1v) is 6.22. The second-order valence-electron chi connectivity index (χ2n) is 5.11. The van der Waals surface area contributed by atoms with Crippen molar-refractivity contribution >= 4 is 0 Å². The fraction of sp³-hybridized carbons (Fsp3) is 0.571. The zero-order valence-corrected chi connectivity index (χ0v) is 11.1. The van der Waals surface area contributed by atoms with Gasteiger partial charge in [0.05, 0.1) is 0 Å². The first-order valence-electron chi connectivity index (χ1n) is 6.22. The summed E-state index contributed by atoms with van der Waals surface area (Å²) >= 11 is 0. The lowest BCUT2D eigenvalue weighted by atomic mass is 10.0. The van der Waals surface area contributed by atoms with Crippen LogP contribution in [-0.4, -0.2) is 28.6 Å². The summed E-state index contributed by atoms with van der Waals surface area (Å²) in [6.45, 7) is 8.96. The van der Waals surface area contributed by atoms with Gasteiger partial charge < -0.3 is 10.8 Å². The summed E-state index contributed by atoms with van der Waals surface area (Å²) in [5.74, 6) is 0.324. The van der Waals surface area contributed by atoms with Crippen LogP contribution in [0, 0.1) is 0 Å². The van der Waals surface area contributed by atoms with Gasteiger partial charge in [0.25, 0.3) is 0 Å². The number of aromatic hydroxyl groups is 1. The Labute approximate surface area is 104 Å². The zero-order chi connectivity index (χ0) is 12.9. The molecule has 0 aliphatic heterocycles. The van der Waals surface area contributed by atoms with Gasteiger partial charge in [-0.05, 0) is 44.5 Å². The molecular weight excluding hydrogens is 212 g/mol. The number of hydrogen-bond donors (Lipinski definition) is 2. The second kappa shape index (κ2) is 6.03. The fourth-order valence-electron chi connectivity index (χ4n) is 1.87. The molecule has 0 aliphatic rings. The van der Waals surface area contributed by atoms with Crippen LogP contribution in [0.2, 0.25) is 0 Å². The van der Waals surface area contributed by atoms with E-state index >= 15 is 0 Å². The van der Waals surface area contributed by atoms with E-state index in [9.17, 15) is 5.11 Å². The number of rotatable bonds is 6. The maximum atomic E-state index is 9.47. The van der Waals surface area contributed by atoms with Gasteiger partial charge in [0.1, 0.15) is 5.75 Å². The minimum Gasteiger partial charge on any atom is -0.508 e. The van der Waals surface area contributed by atoms with Crippen LogP contribution in [0.15, 0.2) is 24.3 Å². The van der Waals surface area contributed by atoms with Crippen LogP contribution in [0.1, 0.15) is 32.8 Å². The molecule has 0 unspecified atom stereocenters. The summed E-state index contributed by atoms with van der Waals surface area (Å²) in [4.78, 5) is 2.36. The summed E-state index contributed by atoms with van der Waals surface area (Å²) in [5.41, 5.74) is 6.94. The molecule has 0 radical (unpaired) electrons. The number of hydrogen-bond acceptors (Lipinski definition) is 3. The van der Waals surface area contributed by atoms with Gasteiger partial charge in [-0.3, -0.25) is 4.90 Å². The lowest BCUT2D eigenvalue weighted by molar-refractivity contribution is 0.118. The van der Waals surface area contributed by atoms with Crippen molar-refractivity contribution in [2.75, 3.05) is 13.1 Å². The Morgan fingerprint density at radius 2 is 2.06 bits per heavy atom. The highest BCUT2D eigenvalue weighted by Crippen LogP contribution is 2.19. The second-order valence-corrected chi connectivity index (χ2v) is 5.11. The molecule has 0 aliphatic carbocycles. The minimum atomic E-state index is -0.0124. The van der Waals surface area contributed by atoms with Crippen LogP contribution in [-0.2, 0) is 6.54 Å². The Balaban J connectivity index is 2.80. The average molecular weight is 236 g/mol. The van der Waals surface area contributed by atoms with E-state index in [1.165, 1.54) is 0 Å². The Bertz CT molecular complexity index is 350. The van der Waals surface area contributed by atoms with Crippen LogP contribution >= 0.6 is 0 Å². The van der Waals surface area contributed by atoms with Gasteiger partial charge in [-0.25, -0.2) is 0 Å². The summed E-state index contributed by atoms with van der Waals surface area (Å²) in [6, 6.07) is 7.43. The number of benzene rings is 1. The molecule has 1 aromatic carbocycles. The molecule has 96 valence electrons. The Hall–Kier alpha value is -1.06. The van der Waals surface area contributed by atoms with Crippen LogP contribution < -0.4 is 5.73 Å². The van der Waals surface area contributed by atoms with E-state index in [4.69, 9.17) is 5.73 Å². The van der Waals surface area contributed by atoms with E-state index in [0.717, 1.165) is 25.1 Å². The van der Waals surface area contributed by atoms with Crippen molar-refractivity contribution in [3.63, 3.8) is 0 Å². The predicted octanol–water partition coefficient (Wildman–Crippen LogP) is 2.34. The summed E-state index contributed by atoms with van der Waals surface area (Å²) < 4.78 is 0. The molecule has 17 heavy (non-hydrogen) atoms. The van der Waals surface area contributed by atoms with Gasteiger partial charge in [0.15, 0.2) is 0 Å². The summed E-state index contributed by atoms with van der Waals surface area (Å²) in [7, 11) is 0. The number of nitrogens with zero attached hydrogens (tertiary/aromatic N) is 1. The summed E-state index contributed by atoms with van der Waals surface area (Å²) in [5, 5.41) is 9.47. The van der Waals surface area contributed by atoms with Crippen LogP contribution in [0.3, 0.4) is 0 Å². The standard InChI is InChI=1S/C14H24N2O/c1-4-8-16(14(2,3)11-15)10-12-6-5-7-13(17)9-12/h5-7,9,17H,4,8,10-11,15H2,1-3H3. The summed E-state index contributed by atoms with van der Waals surface area (Å²) in [6.07, 6.45) is 1.10.